The fraction of sp³-hybridized carbons (Fsp3) is 0.486. The molecule has 19 heteroatoms. The first-order chi connectivity index (χ1) is 25.1. The summed E-state index contributed by atoms with van der Waals surface area (Å²) in [4.78, 5) is 18.8. The van der Waals surface area contributed by atoms with Crippen molar-refractivity contribution in [3.8, 4) is 22.8 Å². The van der Waals surface area contributed by atoms with E-state index in [1.807, 2.05) is 38.8 Å². The molecular weight excluding hydrogens is 763 g/mol. The number of hydrogen-bond acceptors (Lipinski definition) is 10. The third-order valence-electron chi connectivity index (χ3n) is 9.81. The summed E-state index contributed by atoms with van der Waals surface area (Å²) in [6, 6.07) is 7.34. The van der Waals surface area contributed by atoms with E-state index in [2.05, 4.69) is 9.72 Å². The van der Waals surface area contributed by atoms with Crippen LogP contribution in [0.3, 0.4) is 0 Å². The molecule has 0 spiro atoms. The van der Waals surface area contributed by atoms with E-state index < -0.39 is 71.0 Å². The fourth-order valence-electron chi connectivity index (χ4n) is 6.00. The predicted molar refractivity (Wildman–Crippen MR) is 190 cm³/mol. The third-order valence-corrected chi connectivity index (χ3v) is 16.1. The van der Waals surface area contributed by atoms with Crippen LogP contribution in [0, 0.1) is 5.82 Å². The maximum atomic E-state index is 14.8. The van der Waals surface area contributed by atoms with Crippen molar-refractivity contribution in [2.45, 2.75) is 62.6 Å². The number of sulfonamides is 1. The zero-order valence-electron chi connectivity index (χ0n) is 30.5. The molecule has 0 N–H and O–H groups in total. The van der Waals surface area contributed by atoms with Crippen molar-refractivity contribution >= 4 is 35.7 Å². The third kappa shape index (κ3) is 9.06. The highest BCUT2D eigenvalue weighted by atomic mass is 32.2. The minimum atomic E-state index is -4.96. The Hall–Kier alpha value is -4.07. The van der Waals surface area contributed by atoms with E-state index in [1.165, 1.54) is 19.2 Å². The van der Waals surface area contributed by atoms with Gasteiger partial charge in [-0.25, -0.2) is 17.8 Å². The van der Waals surface area contributed by atoms with Crippen LogP contribution < -0.4 is 18.7 Å². The summed E-state index contributed by atoms with van der Waals surface area (Å²) in [7, 11) is -5.94. The van der Waals surface area contributed by atoms with Crippen molar-refractivity contribution in [1.29, 1.82) is 0 Å². The van der Waals surface area contributed by atoms with Gasteiger partial charge in [0, 0.05) is 31.9 Å². The zero-order valence-corrected chi connectivity index (χ0v) is 32.4. The second kappa shape index (κ2) is 15.6. The summed E-state index contributed by atoms with van der Waals surface area (Å²) in [6.07, 6.45) is -4.47. The molecule has 0 aliphatic carbocycles. The summed E-state index contributed by atoms with van der Waals surface area (Å²) >= 11 is 0. The highest BCUT2D eigenvalue weighted by Gasteiger charge is 2.43. The number of benzene rings is 2. The first-order valence-corrected chi connectivity index (χ1v) is 21.3. The lowest BCUT2D eigenvalue weighted by Crippen LogP contribution is -2.61. The van der Waals surface area contributed by atoms with Crippen LogP contribution >= 0.6 is 0 Å². The summed E-state index contributed by atoms with van der Waals surface area (Å²) in [5.41, 5.74) is -0.650. The molecule has 0 saturated carbocycles. The number of esters is 1. The highest BCUT2D eigenvalue weighted by Crippen LogP contribution is 2.44. The van der Waals surface area contributed by atoms with Crippen molar-refractivity contribution in [2.75, 3.05) is 62.3 Å². The van der Waals surface area contributed by atoms with Crippen LogP contribution in [0.15, 0.2) is 53.6 Å². The molecule has 2 aromatic carbocycles. The van der Waals surface area contributed by atoms with E-state index in [0.717, 1.165) is 22.5 Å². The van der Waals surface area contributed by atoms with Crippen molar-refractivity contribution < 1.29 is 58.2 Å². The molecule has 1 aromatic heterocycles. The molecule has 2 aliphatic rings. The molecule has 296 valence electrons. The van der Waals surface area contributed by atoms with Gasteiger partial charge in [-0.15, -0.1) is 0 Å². The van der Waals surface area contributed by atoms with Gasteiger partial charge in [-0.1, -0.05) is 26.8 Å². The molecular formula is C35H42F6N4O7SSi. The quantitative estimate of drug-likeness (QED) is 0.0842. The molecule has 2 aliphatic heterocycles. The number of carbonyl (C=O) groups excluding carboxylic acids is 1. The second-order valence-electron chi connectivity index (χ2n) is 14.4. The van der Waals surface area contributed by atoms with Gasteiger partial charge in [-0.3, -0.25) is 14.0 Å². The molecule has 1 atom stereocenters. The molecule has 0 radical (unpaired) electrons. The van der Waals surface area contributed by atoms with Crippen LogP contribution in [0.2, 0.25) is 18.1 Å². The van der Waals surface area contributed by atoms with Gasteiger partial charge in [-0.05, 0) is 59.6 Å². The monoisotopic (exact) mass is 804 g/mol. The number of methoxy groups -OCH3 is 1. The minimum Gasteiger partial charge on any atom is -0.474 e. The Labute approximate surface area is 310 Å². The molecule has 0 unspecified atom stereocenters. The smallest absolute Gasteiger partial charge is 0.417 e. The number of halogens is 6. The standard InChI is InChI=1S/C35H42F6N4O7SSi/c1-34(2,3)54(5,6)51-12-11-50-32-30(16-24(18-42-32)35(39,40)41)53(47,48)45-20-26-19-43(21-31(46)49-4)9-10-44(26)28-8-7-22(15-29(28)45)23-13-25(36)17-27(14-23)52-33(37)38/h7-8,13-18,26,33H,9-12,19-21H2,1-6H3/t26-/m0/s1. The SMILES string of the molecule is COC(=O)CN1CCN2c3ccc(-c4cc(F)cc(OC(F)F)c4)cc3N(S(=O)(=O)c3cc(C(F)(F)F)cnc3OCCO[Si](C)(C)C(C)(C)C)C[C@@H]2C1. The Morgan fingerprint density at radius 2 is 1.70 bits per heavy atom. The highest BCUT2D eigenvalue weighted by molar-refractivity contribution is 7.93. The lowest BCUT2D eigenvalue weighted by molar-refractivity contribution is -0.142. The first-order valence-electron chi connectivity index (χ1n) is 16.9. The summed E-state index contributed by atoms with van der Waals surface area (Å²) in [5, 5.41) is -0.156. The van der Waals surface area contributed by atoms with Gasteiger partial charge >= 0.3 is 18.8 Å². The van der Waals surface area contributed by atoms with Crippen molar-refractivity contribution in [3.63, 3.8) is 0 Å². The number of ether oxygens (including phenoxy) is 3. The second-order valence-corrected chi connectivity index (χ2v) is 21.1. The Bertz CT molecular complexity index is 1960. The normalized spacial score (nSPS) is 16.9. The molecule has 3 heterocycles. The maximum absolute atomic E-state index is 14.8. The van der Waals surface area contributed by atoms with E-state index in [4.69, 9.17) is 13.9 Å². The van der Waals surface area contributed by atoms with Gasteiger partial charge in [0.1, 0.15) is 18.2 Å². The Kier molecular flexibility index (Phi) is 11.9. The summed E-state index contributed by atoms with van der Waals surface area (Å²) in [5.74, 6) is -2.45. The van der Waals surface area contributed by atoms with Gasteiger partial charge in [0.25, 0.3) is 10.0 Å². The number of aromatic nitrogens is 1. The van der Waals surface area contributed by atoms with Gasteiger partial charge in [-0.2, -0.15) is 22.0 Å². The predicted octanol–water partition coefficient (Wildman–Crippen LogP) is 6.78. The van der Waals surface area contributed by atoms with E-state index in [1.54, 1.807) is 11.0 Å². The largest absolute Gasteiger partial charge is 0.474 e. The fourth-order valence-corrected chi connectivity index (χ4v) is 8.64. The first kappa shape index (κ1) is 41.1. The number of pyridine rings is 1. The van der Waals surface area contributed by atoms with E-state index in [9.17, 15) is 39.6 Å². The molecule has 5 rings (SSSR count). The van der Waals surface area contributed by atoms with Gasteiger partial charge < -0.3 is 23.5 Å². The molecule has 1 fully saturated rings. The average molecular weight is 805 g/mol. The number of hydrogen-bond donors (Lipinski definition) is 0. The zero-order chi connectivity index (χ0) is 39.8. The Balaban J connectivity index is 1.60. The van der Waals surface area contributed by atoms with Crippen molar-refractivity contribution in [1.82, 2.24) is 9.88 Å². The van der Waals surface area contributed by atoms with E-state index in [-0.39, 0.29) is 54.7 Å². The summed E-state index contributed by atoms with van der Waals surface area (Å²) < 4.78 is 134. The van der Waals surface area contributed by atoms with Gasteiger partial charge in [0.2, 0.25) is 5.88 Å². The van der Waals surface area contributed by atoms with E-state index >= 15 is 0 Å². The van der Waals surface area contributed by atoms with Crippen LogP contribution in [0.1, 0.15) is 26.3 Å². The van der Waals surface area contributed by atoms with Crippen molar-refractivity contribution in [3.05, 3.63) is 60.0 Å². The van der Waals surface area contributed by atoms with E-state index in [0.29, 0.717) is 31.0 Å². The minimum absolute atomic E-state index is 0.0204. The molecule has 0 amide bonds. The van der Waals surface area contributed by atoms with Crippen LogP contribution in [0.4, 0.5) is 37.7 Å². The number of anilines is 2. The lowest BCUT2D eigenvalue weighted by atomic mass is 10.00. The van der Waals surface area contributed by atoms with Crippen LogP contribution in [-0.2, 0) is 30.2 Å². The van der Waals surface area contributed by atoms with Crippen molar-refractivity contribution in [2.24, 2.45) is 0 Å². The van der Waals surface area contributed by atoms with Gasteiger partial charge in [0.15, 0.2) is 13.2 Å². The number of fused-ring (bicyclic) bond motifs is 3. The topological polar surface area (TPSA) is 111 Å². The summed E-state index contributed by atoms with van der Waals surface area (Å²) in [6.45, 7) is 7.19. The Morgan fingerprint density at radius 1 is 0.981 bits per heavy atom. The number of carbonyl (C=O) groups is 1. The molecule has 1 saturated heterocycles. The number of alkyl halides is 5. The maximum Gasteiger partial charge on any atom is 0.417 e. The molecule has 0 bridgehead atoms. The number of piperazine rings is 1. The van der Waals surface area contributed by atoms with Crippen LogP contribution in [0.25, 0.3) is 11.1 Å². The van der Waals surface area contributed by atoms with Gasteiger partial charge in [0.05, 0.1) is 49.8 Å². The molecule has 11 nitrogen and oxygen atoms in total. The average Bonchev–Trinajstić information content (AvgIpc) is 3.07. The Morgan fingerprint density at radius 3 is 2.35 bits per heavy atom. The lowest BCUT2D eigenvalue weighted by Gasteiger charge is -2.49. The number of rotatable bonds is 12. The molecule has 3 aromatic rings. The molecule has 54 heavy (non-hydrogen) atoms. The van der Waals surface area contributed by atoms with Crippen LogP contribution in [0.5, 0.6) is 11.6 Å². The van der Waals surface area contributed by atoms with Crippen LogP contribution in [-0.4, -0.2) is 98.3 Å². The number of nitrogens with zero attached hydrogens (tertiary/aromatic N) is 4.